The van der Waals surface area contributed by atoms with Crippen molar-refractivity contribution in [3.63, 3.8) is 0 Å². The first-order valence-corrected chi connectivity index (χ1v) is 12.4. The molecule has 4 N–H and O–H groups in total. The Morgan fingerprint density at radius 1 is 1.19 bits per heavy atom. The van der Waals surface area contributed by atoms with E-state index in [0.717, 1.165) is 18.4 Å². The highest BCUT2D eigenvalue weighted by Crippen LogP contribution is 2.27. The number of primary amides is 1. The zero-order chi connectivity index (χ0) is 27.5. The first-order valence-electron chi connectivity index (χ1n) is 12.4. The molecule has 2 unspecified atom stereocenters. The molecule has 4 amide bonds. The maximum atomic E-state index is 13.9. The van der Waals surface area contributed by atoms with Gasteiger partial charge in [0.05, 0.1) is 0 Å². The second-order valence-electron chi connectivity index (χ2n) is 9.96. The Morgan fingerprint density at radius 3 is 2.39 bits per heavy atom. The van der Waals surface area contributed by atoms with E-state index in [1.807, 2.05) is 13.0 Å². The van der Waals surface area contributed by atoms with Crippen LogP contribution in [0.3, 0.4) is 0 Å². The lowest BCUT2D eigenvalue weighted by Gasteiger charge is -2.37. The average Bonchev–Trinajstić information content (AvgIpc) is 2.78. The van der Waals surface area contributed by atoms with Crippen LogP contribution >= 0.6 is 0 Å². The Morgan fingerprint density at radius 2 is 1.86 bits per heavy atom. The molecule has 0 saturated heterocycles. The molecule has 0 bridgehead atoms. The van der Waals surface area contributed by atoms with Crippen LogP contribution in [0.5, 0.6) is 0 Å². The number of ether oxygens (including phenoxy) is 1. The highest BCUT2D eigenvalue weighted by atomic mass is 16.6. The maximum Gasteiger partial charge on any atom is 0.408 e. The van der Waals surface area contributed by atoms with Crippen LogP contribution in [0.1, 0.15) is 84.4 Å². The van der Waals surface area contributed by atoms with Gasteiger partial charge in [-0.2, -0.15) is 0 Å². The van der Waals surface area contributed by atoms with E-state index in [4.69, 9.17) is 10.5 Å². The van der Waals surface area contributed by atoms with E-state index in [1.54, 1.807) is 58.9 Å². The van der Waals surface area contributed by atoms with E-state index in [1.165, 1.54) is 4.90 Å². The first kappa shape index (κ1) is 30.7. The lowest BCUT2D eigenvalue weighted by Crippen LogP contribution is -2.55. The number of alkyl carbamates (subject to hydrolysis) is 1. The van der Waals surface area contributed by atoms with Crippen LogP contribution in [-0.2, 0) is 19.1 Å². The third-order valence-electron chi connectivity index (χ3n) is 5.30. The van der Waals surface area contributed by atoms with Crippen LogP contribution in [0, 0.1) is 0 Å². The van der Waals surface area contributed by atoms with Crippen molar-refractivity contribution in [2.75, 3.05) is 6.54 Å². The summed E-state index contributed by atoms with van der Waals surface area (Å²) in [4.78, 5) is 52.8. The number of nitrogens with two attached hydrogens (primary N) is 1. The van der Waals surface area contributed by atoms with Crippen LogP contribution in [0.25, 0.3) is 6.08 Å². The van der Waals surface area contributed by atoms with E-state index in [2.05, 4.69) is 17.2 Å². The van der Waals surface area contributed by atoms with Gasteiger partial charge < -0.3 is 26.0 Å². The van der Waals surface area contributed by atoms with Crippen LogP contribution in [0.4, 0.5) is 4.79 Å². The number of benzene rings is 1. The monoisotopic (exact) mass is 502 g/mol. The zero-order valence-electron chi connectivity index (χ0n) is 22.4. The Hall–Kier alpha value is -3.36. The second kappa shape index (κ2) is 14.3. The number of carbonyl (C=O) groups is 4. The Bertz CT molecular complexity index is 923. The number of nitrogens with one attached hydrogen (secondary N) is 2. The van der Waals surface area contributed by atoms with Gasteiger partial charge in [-0.3, -0.25) is 14.4 Å². The van der Waals surface area contributed by atoms with Crippen molar-refractivity contribution in [1.82, 2.24) is 15.5 Å². The molecule has 0 aliphatic carbocycles. The second-order valence-corrected chi connectivity index (χ2v) is 9.96. The van der Waals surface area contributed by atoms with Gasteiger partial charge in [-0.25, -0.2) is 4.79 Å². The van der Waals surface area contributed by atoms with Crippen LogP contribution in [0.15, 0.2) is 30.8 Å². The molecule has 0 aromatic heterocycles. The molecular formula is C27H42N4O5. The maximum absolute atomic E-state index is 13.9. The number of carbonyl (C=O) groups excluding carboxylic acids is 4. The molecule has 1 aromatic carbocycles. The predicted octanol–water partition coefficient (Wildman–Crippen LogP) is 3.68. The molecule has 0 aliphatic rings. The molecule has 1 rings (SSSR count). The van der Waals surface area contributed by atoms with Gasteiger partial charge in [-0.1, -0.05) is 44.2 Å². The summed E-state index contributed by atoms with van der Waals surface area (Å²) in [5, 5.41) is 5.50. The largest absolute Gasteiger partial charge is 0.444 e. The number of unbranched alkanes of at least 4 members (excludes halogenated alkanes) is 1. The van der Waals surface area contributed by atoms with E-state index in [-0.39, 0.29) is 18.7 Å². The van der Waals surface area contributed by atoms with Crippen LogP contribution in [0.2, 0.25) is 0 Å². The summed E-state index contributed by atoms with van der Waals surface area (Å²) in [5.74, 6) is -1.46. The van der Waals surface area contributed by atoms with E-state index in [0.29, 0.717) is 12.1 Å². The summed E-state index contributed by atoms with van der Waals surface area (Å²) in [6.45, 7) is 15.0. The molecule has 9 nitrogen and oxygen atoms in total. The summed E-state index contributed by atoms with van der Waals surface area (Å²) in [6.07, 6.45) is 2.40. The van der Waals surface area contributed by atoms with Crippen LogP contribution < -0.4 is 16.4 Å². The Balaban J connectivity index is 3.47. The molecule has 1 aromatic rings. The fraction of sp³-hybridized carbons (Fsp3) is 0.556. The summed E-state index contributed by atoms with van der Waals surface area (Å²) in [7, 11) is 0. The van der Waals surface area contributed by atoms with Crippen molar-refractivity contribution in [3.8, 4) is 0 Å². The summed E-state index contributed by atoms with van der Waals surface area (Å²) in [5.41, 5.74) is 5.95. The van der Waals surface area contributed by atoms with Crippen LogP contribution in [-0.4, -0.2) is 52.9 Å². The van der Waals surface area contributed by atoms with Crippen molar-refractivity contribution < 1.29 is 23.9 Å². The fourth-order valence-electron chi connectivity index (χ4n) is 3.63. The average molecular weight is 503 g/mol. The van der Waals surface area contributed by atoms with Gasteiger partial charge in [-0.15, -0.1) is 0 Å². The summed E-state index contributed by atoms with van der Waals surface area (Å²) in [6, 6.07) is 4.73. The number of hydrogen-bond donors (Lipinski definition) is 3. The van der Waals surface area contributed by atoms with Crippen molar-refractivity contribution in [2.45, 2.75) is 91.0 Å². The van der Waals surface area contributed by atoms with Crippen molar-refractivity contribution in [2.24, 2.45) is 5.73 Å². The van der Waals surface area contributed by atoms with Gasteiger partial charge in [0.25, 0.3) is 0 Å². The molecule has 0 heterocycles. The van der Waals surface area contributed by atoms with Gasteiger partial charge in [0.1, 0.15) is 17.7 Å². The molecule has 0 saturated carbocycles. The van der Waals surface area contributed by atoms with Crippen molar-refractivity contribution in [1.29, 1.82) is 0 Å². The third-order valence-corrected chi connectivity index (χ3v) is 5.30. The zero-order valence-corrected chi connectivity index (χ0v) is 22.4. The van der Waals surface area contributed by atoms with Gasteiger partial charge in [0.2, 0.25) is 17.7 Å². The fourth-order valence-corrected chi connectivity index (χ4v) is 3.63. The van der Waals surface area contributed by atoms with Crippen molar-refractivity contribution >= 4 is 29.9 Å². The minimum Gasteiger partial charge on any atom is -0.444 e. The Kier molecular flexibility index (Phi) is 12.1. The molecular weight excluding hydrogens is 460 g/mol. The molecule has 0 radical (unpaired) electrons. The number of rotatable bonds is 13. The topological polar surface area (TPSA) is 131 Å². The van der Waals surface area contributed by atoms with Gasteiger partial charge >= 0.3 is 6.09 Å². The quantitative estimate of drug-likeness (QED) is 0.354. The van der Waals surface area contributed by atoms with Crippen molar-refractivity contribution in [3.05, 3.63) is 42.0 Å². The molecule has 36 heavy (non-hydrogen) atoms. The molecule has 200 valence electrons. The van der Waals surface area contributed by atoms with Gasteiger partial charge in [0, 0.05) is 19.0 Å². The summed E-state index contributed by atoms with van der Waals surface area (Å²) >= 11 is 0. The highest BCUT2D eigenvalue weighted by Gasteiger charge is 2.37. The van der Waals surface area contributed by atoms with Gasteiger partial charge in [0.15, 0.2) is 0 Å². The van der Waals surface area contributed by atoms with E-state index < -0.39 is 41.6 Å². The predicted molar refractivity (Wildman–Crippen MR) is 141 cm³/mol. The Labute approximate surface area is 214 Å². The first-order chi connectivity index (χ1) is 16.8. The SMILES string of the molecule is C=Cc1cccc(C(C(=O)NCCCC)N(C(=O)C(CCC(N)=O)NC(=O)OC(C)(C)C)C(C)C)c1. The lowest BCUT2D eigenvalue weighted by atomic mass is 9.98. The molecule has 0 spiro atoms. The normalized spacial score (nSPS) is 12.9. The van der Waals surface area contributed by atoms with E-state index in [9.17, 15) is 19.2 Å². The highest BCUT2D eigenvalue weighted by molar-refractivity contribution is 5.92. The third kappa shape index (κ3) is 10.1. The molecule has 9 heteroatoms. The van der Waals surface area contributed by atoms with Gasteiger partial charge in [-0.05, 0) is 64.7 Å². The minimum atomic E-state index is -1.12. The number of amides is 4. The number of hydrogen-bond acceptors (Lipinski definition) is 5. The lowest BCUT2D eigenvalue weighted by molar-refractivity contribution is -0.144. The smallest absolute Gasteiger partial charge is 0.408 e. The summed E-state index contributed by atoms with van der Waals surface area (Å²) < 4.78 is 5.33. The molecule has 0 aliphatic heterocycles. The van der Waals surface area contributed by atoms with E-state index >= 15 is 0 Å². The molecule has 0 fully saturated rings. The standard InChI is InChI=1S/C27H42N4O5/c1-8-10-16-29-24(33)23(20-13-11-12-19(9-2)17-20)31(18(3)4)25(34)21(14-15-22(28)32)30-26(35)36-27(5,6)7/h9,11-13,17-18,21,23H,2,8,10,14-16H2,1,3-7H3,(H2,28,32)(H,29,33)(H,30,35). The minimum absolute atomic E-state index is 0.0342. The molecule has 2 atom stereocenters. The number of nitrogens with zero attached hydrogens (tertiary/aromatic N) is 1.